The van der Waals surface area contributed by atoms with E-state index in [4.69, 9.17) is 12.2 Å². The molecule has 0 spiro atoms. The lowest BCUT2D eigenvalue weighted by Crippen LogP contribution is -2.24. The Labute approximate surface area is 158 Å². The smallest absolute Gasteiger partial charge is 0.227 e. The summed E-state index contributed by atoms with van der Waals surface area (Å²) >= 11 is 6.98. The van der Waals surface area contributed by atoms with E-state index in [0.717, 1.165) is 41.8 Å². The summed E-state index contributed by atoms with van der Waals surface area (Å²) in [7, 11) is 0. The second-order valence-corrected chi connectivity index (χ2v) is 8.03. The largest absolute Gasteiger partial charge is 0.358 e. The van der Waals surface area contributed by atoms with Gasteiger partial charge >= 0.3 is 0 Å². The number of nitrogens with one attached hydrogen (secondary N) is 1. The maximum atomic E-state index is 12.1. The molecule has 5 nitrogen and oxygen atoms in total. The third-order valence-corrected chi connectivity index (χ3v) is 5.98. The van der Waals surface area contributed by atoms with Gasteiger partial charge in [0.05, 0.1) is 0 Å². The van der Waals surface area contributed by atoms with Crippen molar-refractivity contribution in [3.63, 3.8) is 0 Å². The molecule has 0 unspecified atom stereocenters. The zero-order chi connectivity index (χ0) is 17.6. The van der Waals surface area contributed by atoms with Crippen LogP contribution < -0.4 is 10.2 Å². The number of hydrogen-bond acceptors (Lipinski definition) is 4. The highest BCUT2D eigenvalue weighted by Gasteiger charge is 2.21. The second kappa shape index (κ2) is 8.67. The molecule has 0 saturated carbocycles. The molecule has 0 atom stereocenters. The van der Waals surface area contributed by atoms with E-state index in [-0.39, 0.29) is 11.8 Å². The molecule has 2 amide bonds. The van der Waals surface area contributed by atoms with E-state index in [1.807, 2.05) is 24.3 Å². The molecule has 1 aromatic carbocycles. The van der Waals surface area contributed by atoms with Crippen molar-refractivity contribution >= 4 is 51.5 Å². The highest BCUT2D eigenvalue weighted by Crippen LogP contribution is 2.23. The van der Waals surface area contributed by atoms with Crippen LogP contribution in [0.25, 0.3) is 0 Å². The number of thiocarbonyl (C=S) groups is 1. The Hall–Kier alpha value is -1.60. The van der Waals surface area contributed by atoms with Crippen LogP contribution in [-0.2, 0) is 9.59 Å². The molecule has 3 rings (SSSR count). The number of benzene rings is 1. The molecular weight excluding hydrogens is 354 g/mol. The molecule has 2 heterocycles. The Bertz CT molecular complexity index is 642. The summed E-state index contributed by atoms with van der Waals surface area (Å²) in [6, 6.07) is 7.47. The van der Waals surface area contributed by atoms with Gasteiger partial charge in [-0.1, -0.05) is 24.0 Å². The Morgan fingerprint density at radius 1 is 1.12 bits per heavy atom. The summed E-state index contributed by atoms with van der Waals surface area (Å²) in [6.45, 7) is 2.87. The summed E-state index contributed by atoms with van der Waals surface area (Å²) < 4.78 is 0.907. The number of rotatable bonds is 5. The number of anilines is 2. The molecule has 0 aromatic heterocycles. The first-order valence-electron chi connectivity index (χ1n) is 8.75. The van der Waals surface area contributed by atoms with Gasteiger partial charge in [-0.15, -0.1) is 0 Å². The fourth-order valence-electron chi connectivity index (χ4n) is 3.09. The number of hydrogen-bond donors (Lipinski definition) is 1. The maximum absolute atomic E-state index is 12.1. The molecule has 7 heteroatoms. The third-order valence-electron chi connectivity index (χ3n) is 4.46. The van der Waals surface area contributed by atoms with E-state index < -0.39 is 0 Å². The first-order chi connectivity index (χ1) is 12.1. The summed E-state index contributed by atoms with van der Waals surface area (Å²) in [5.74, 6) is 0.853. The van der Waals surface area contributed by atoms with Gasteiger partial charge in [-0.05, 0) is 43.5 Å². The zero-order valence-electron chi connectivity index (χ0n) is 14.2. The Kier molecular flexibility index (Phi) is 6.31. The highest BCUT2D eigenvalue weighted by atomic mass is 32.2. The topological polar surface area (TPSA) is 52.7 Å². The number of thioether (sulfide) groups is 1. The van der Waals surface area contributed by atoms with Gasteiger partial charge in [-0.3, -0.25) is 9.59 Å². The molecule has 1 N–H and O–H groups in total. The predicted molar refractivity (Wildman–Crippen MR) is 107 cm³/mol. The second-order valence-electron chi connectivity index (χ2n) is 6.30. The van der Waals surface area contributed by atoms with E-state index >= 15 is 0 Å². The van der Waals surface area contributed by atoms with E-state index in [9.17, 15) is 9.59 Å². The molecule has 1 aromatic rings. The van der Waals surface area contributed by atoms with Crippen LogP contribution in [0.15, 0.2) is 24.3 Å². The molecule has 2 saturated heterocycles. The first-order valence-corrected chi connectivity index (χ1v) is 10.1. The minimum Gasteiger partial charge on any atom is -0.358 e. The summed E-state index contributed by atoms with van der Waals surface area (Å²) in [5, 5.41) is 2.90. The summed E-state index contributed by atoms with van der Waals surface area (Å²) in [6.07, 6.45) is 4.38. The molecule has 0 bridgehead atoms. The van der Waals surface area contributed by atoms with Crippen molar-refractivity contribution in [1.29, 1.82) is 0 Å². The minimum absolute atomic E-state index is 0.0123. The molecule has 25 heavy (non-hydrogen) atoms. The van der Waals surface area contributed by atoms with Crippen molar-refractivity contribution < 1.29 is 9.59 Å². The van der Waals surface area contributed by atoms with E-state index in [0.29, 0.717) is 18.6 Å². The van der Waals surface area contributed by atoms with Crippen LogP contribution in [0.5, 0.6) is 0 Å². The van der Waals surface area contributed by atoms with Crippen molar-refractivity contribution in [2.45, 2.75) is 32.1 Å². The normalized spacial score (nSPS) is 17.2. The van der Waals surface area contributed by atoms with Gasteiger partial charge in [-0.25, -0.2) is 0 Å². The molecule has 0 aliphatic carbocycles. The van der Waals surface area contributed by atoms with Gasteiger partial charge in [-0.2, -0.15) is 0 Å². The van der Waals surface area contributed by atoms with Gasteiger partial charge in [0.25, 0.3) is 0 Å². The first kappa shape index (κ1) is 18.2. The van der Waals surface area contributed by atoms with Crippen molar-refractivity contribution in [2.75, 3.05) is 35.6 Å². The lowest BCUT2D eigenvalue weighted by atomic mass is 10.2. The summed E-state index contributed by atoms with van der Waals surface area (Å²) in [4.78, 5) is 27.8. The van der Waals surface area contributed by atoms with Crippen LogP contribution in [0.3, 0.4) is 0 Å². The third kappa shape index (κ3) is 4.95. The van der Waals surface area contributed by atoms with Gasteiger partial charge in [0.15, 0.2) is 0 Å². The van der Waals surface area contributed by atoms with Crippen LogP contribution in [0, 0.1) is 0 Å². The van der Waals surface area contributed by atoms with Gasteiger partial charge in [0.2, 0.25) is 11.8 Å². The van der Waals surface area contributed by atoms with Crippen LogP contribution in [0.1, 0.15) is 32.1 Å². The SMILES string of the molecule is O=C(CCSC(=S)N1CCCC1)Nc1ccc(N2CCCC2=O)cc1. The minimum atomic E-state index is -0.0123. The van der Waals surface area contributed by atoms with Crippen molar-refractivity contribution in [2.24, 2.45) is 0 Å². The Morgan fingerprint density at radius 3 is 2.48 bits per heavy atom. The van der Waals surface area contributed by atoms with Crippen molar-refractivity contribution in [1.82, 2.24) is 4.90 Å². The van der Waals surface area contributed by atoms with Crippen LogP contribution in [0.4, 0.5) is 11.4 Å². The van der Waals surface area contributed by atoms with Crippen molar-refractivity contribution in [3.05, 3.63) is 24.3 Å². The fraction of sp³-hybridized carbons (Fsp3) is 0.500. The van der Waals surface area contributed by atoms with Crippen LogP contribution in [0.2, 0.25) is 0 Å². The van der Waals surface area contributed by atoms with Gasteiger partial charge in [0, 0.05) is 49.6 Å². The average Bonchev–Trinajstić information content (AvgIpc) is 3.27. The lowest BCUT2D eigenvalue weighted by Gasteiger charge is -2.17. The zero-order valence-corrected chi connectivity index (χ0v) is 15.8. The van der Waals surface area contributed by atoms with Gasteiger partial charge in [0.1, 0.15) is 4.32 Å². The monoisotopic (exact) mass is 377 g/mol. The van der Waals surface area contributed by atoms with Gasteiger partial charge < -0.3 is 15.1 Å². The standard InChI is InChI=1S/C18H23N3O2S2/c22-16(9-13-25-18(24)20-10-1-2-11-20)19-14-5-7-15(8-6-14)21-12-3-4-17(21)23/h5-8H,1-4,9-13H2,(H,19,22). The number of nitrogens with zero attached hydrogens (tertiary/aromatic N) is 2. The molecule has 2 aliphatic rings. The molecule has 134 valence electrons. The van der Waals surface area contributed by atoms with Crippen molar-refractivity contribution in [3.8, 4) is 0 Å². The van der Waals surface area contributed by atoms with E-state index in [1.165, 1.54) is 12.8 Å². The molecular formula is C18H23N3O2S2. The predicted octanol–water partition coefficient (Wildman–Crippen LogP) is 3.26. The fourth-order valence-corrected chi connectivity index (χ4v) is 4.35. The Morgan fingerprint density at radius 2 is 1.84 bits per heavy atom. The lowest BCUT2D eigenvalue weighted by molar-refractivity contribution is -0.117. The van der Waals surface area contributed by atoms with E-state index in [2.05, 4.69) is 10.2 Å². The Balaban J connectivity index is 1.41. The molecule has 2 fully saturated rings. The quantitative estimate of drug-likeness (QED) is 0.798. The molecule has 0 radical (unpaired) electrons. The summed E-state index contributed by atoms with van der Waals surface area (Å²) in [5.41, 5.74) is 1.65. The highest BCUT2D eigenvalue weighted by molar-refractivity contribution is 8.22. The van der Waals surface area contributed by atoms with Crippen LogP contribution >= 0.6 is 24.0 Å². The van der Waals surface area contributed by atoms with E-state index in [1.54, 1.807) is 16.7 Å². The number of carbonyl (C=O) groups excluding carboxylic acids is 2. The number of carbonyl (C=O) groups is 2. The number of likely N-dealkylation sites (tertiary alicyclic amines) is 1. The number of amides is 2. The molecule has 2 aliphatic heterocycles. The van der Waals surface area contributed by atoms with Crippen LogP contribution in [-0.4, -0.2) is 46.4 Å². The maximum Gasteiger partial charge on any atom is 0.227 e. The average molecular weight is 378 g/mol.